The van der Waals surface area contributed by atoms with E-state index in [1.807, 2.05) is 0 Å². The van der Waals surface area contributed by atoms with E-state index in [1.165, 1.54) is 0 Å². The van der Waals surface area contributed by atoms with E-state index in [0.717, 1.165) is 19.4 Å². The topological polar surface area (TPSA) is 40.6 Å². The lowest BCUT2D eigenvalue weighted by Gasteiger charge is -2.32. The van der Waals surface area contributed by atoms with Crippen LogP contribution in [0.1, 0.15) is 19.3 Å². The van der Waals surface area contributed by atoms with Crippen molar-refractivity contribution in [1.29, 1.82) is 0 Å². The first-order chi connectivity index (χ1) is 7.95. The van der Waals surface area contributed by atoms with Crippen molar-refractivity contribution in [3.8, 4) is 0 Å². The predicted molar refractivity (Wildman–Crippen MR) is 72.0 cm³/mol. The number of alkyl halides is 1. The van der Waals surface area contributed by atoms with Crippen molar-refractivity contribution < 1.29 is 8.42 Å². The van der Waals surface area contributed by atoms with Gasteiger partial charge in [-0.15, -0.1) is 11.6 Å². The molecule has 0 N–H and O–H groups in total. The predicted octanol–water partition coefficient (Wildman–Crippen LogP) is 1.22. The summed E-state index contributed by atoms with van der Waals surface area (Å²) in [4.78, 5) is 2.17. The van der Waals surface area contributed by atoms with E-state index in [1.54, 1.807) is 4.31 Å². The van der Waals surface area contributed by atoms with Crippen LogP contribution in [-0.2, 0) is 10.0 Å². The molecule has 0 bridgehead atoms. The number of piperidine rings is 1. The van der Waals surface area contributed by atoms with Gasteiger partial charge >= 0.3 is 0 Å². The van der Waals surface area contributed by atoms with Crippen LogP contribution in [-0.4, -0.2) is 63.0 Å². The second kappa shape index (κ2) is 6.92. The molecule has 0 unspecified atom stereocenters. The van der Waals surface area contributed by atoms with Crippen LogP contribution in [0.15, 0.2) is 0 Å². The molecule has 4 nitrogen and oxygen atoms in total. The molecule has 6 heteroatoms. The maximum Gasteiger partial charge on any atom is 0.214 e. The summed E-state index contributed by atoms with van der Waals surface area (Å²) in [6.07, 6.45) is 2.48. The van der Waals surface area contributed by atoms with Crippen LogP contribution in [0.25, 0.3) is 0 Å². The lowest BCUT2D eigenvalue weighted by molar-refractivity contribution is 0.225. The molecule has 1 saturated heterocycles. The molecule has 1 rings (SSSR count). The molecule has 1 aliphatic rings. The van der Waals surface area contributed by atoms with Crippen molar-refractivity contribution in [2.24, 2.45) is 5.92 Å². The first-order valence-corrected chi connectivity index (χ1v) is 8.28. The van der Waals surface area contributed by atoms with E-state index >= 15 is 0 Å². The third kappa shape index (κ3) is 5.12. The molecule has 0 aliphatic carbocycles. The Kier molecular flexibility index (Phi) is 6.20. The molecule has 1 aliphatic heterocycles. The second-order valence-corrected chi connectivity index (χ2v) is 7.43. The Morgan fingerprint density at radius 1 is 1.29 bits per heavy atom. The largest absolute Gasteiger partial charge is 0.309 e. The minimum Gasteiger partial charge on any atom is -0.309 e. The van der Waals surface area contributed by atoms with Gasteiger partial charge in [0.25, 0.3) is 0 Å². The average Bonchev–Trinajstić information content (AvgIpc) is 2.26. The van der Waals surface area contributed by atoms with Crippen molar-refractivity contribution in [2.75, 3.05) is 45.4 Å². The first-order valence-electron chi connectivity index (χ1n) is 6.14. The van der Waals surface area contributed by atoms with Crippen LogP contribution in [0, 0.1) is 5.92 Å². The number of sulfonamides is 1. The number of nitrogens with zero attached hydrogens (tertiary/aromatic N) is 2. The average molecular weight is 283 g/mol. The van der Waals surface area contributed by atoms with E-state index in [0.29, 0.717) is 31.3 Å². The van der Waals surface area contributed by atoms with Gasteiger partial charge in [-0.05, 0) is 39.3 Å². The summed E-state index contributed by atoms with van der Waals surface area (Å²) in [5, 5.41) is 0. The Labute approximate surface area is 110 Å². The van der Waals surface area contributed by atoms with Gasteiger partial charge < -0.3 is 4.90 Å². The van der Waals surface area contributed by atoms with Crippen molar-refractivity contribution in [2.45, 2.75) is 19.3 Å². The molecule has 0 atom stereocenters. The monoisotopic (exact) mass is 282 g/mol. The zero-order valence-corrected chi connectivity index (χ0v) is 12.3. The molecule has 0 radical (unpaired) electrons. The molecule has 0 spiro atoms. The highest BCUT2D eigenvalue weighted by atomic mass is 35.5. The van der Waals surface area contributed by atoms with Crippen molar-refractivity contribution in [3.63, 3.8) is 0 Å². The Morgan fingerprint density at radius 2 is 1.88 bits per heavy atom. The van der Waals surface area contributed by atoms with E-state index in [9.17, 15) is 8.42 Å². The smallest absolute Gasteiger partial charge is 0.214 e. The number of hydrogen-bond acceptors (Lipinski definition) is 3. The molecule has 0 aromatic heterocycles. The zero-order valence-electron chi connectivity index (χ0n) is 10.7. The molecule has 1 heterocycles. The van der Waals surface area contributed by atoms with Crippen LogP contribution in [0.3, 0.4) is 0 Å². The van der Waals surface area contributed by atoms with Gasteiger partial charge in [0.15, 0.2) is 0 Å². The van der Waals surface area contributed by atoms with E-state index in [-0.39, 0.29) is 5.75 Å². The second-order valence-electron chi connectivity index (χ2n) is 4.96. The highest BCUT2D eigenvalue weighted by molar-refractivity contribution is 7.89. The van der Waals surface area contributed by atoms with Crippen LogP contribution in [0.2, 0.25) is 0 Å². The van der Waals surface area contributed by atoms with E-state index in [2.05, 4.69) is 19.0 Å². The summed E-state index contributed by atoms with van der Waals surface area (Å²) in [5.41, 5.74) is 0. The third-order valence-corrected chi connectivity index (χ3v) is 5.35. The van der Waals surface area contributed by atoms with Gasteiger partial charge in [0.2, 0.25) is 10.0 Å². The highest BCUT2D eigenvalue weighted by Crippen LogP contribution is 2.20. The van der Waals surface area contributed by atoms with Gasteiger partial charge in [-0.3, -0.25) is 0 Å². The SMILES string of the molecule is CN(C)CC1CCN(S(=O)(=O)CCCCl)CC1. The Hall–Kier alpha value is 0.160. The van der Waals surface area contributed by atoms with E-state index in [4.69, 9.17) is 11.6 Å². The zero-order chi connectivity index (χ0) is 12.9. The van der Waals surface area contributed by atoms with Crippen molar-refractivity contribution >= 4 is 21.6 Å². The number of rotatable bonds is 6. The lowest BCUT2D eigenvalue weighted by Crippen LogP contribution is -2.41. The number of hydrogen-bond donors (Lipinski definition) is 0. The third-order valence-electron chi connectivity index (χ3n) is 3.13. The fraction of sp³-hybridized carbons (Fsp3) is 1.00. The summed E-state index contributed by atoms with van der Waals surface area (Å²) >= 11 is 5.54. The van der Waals surface area contributed by atoms with Crippen LogP contribution >= 0.6 is 11.6 Å². The molecular formula is C11H23ClN2O2S. The summed E-state index contributed by atoms with van der Waals surface area (Å²) in [6.45, 7) is 2.39. The fourth-order valence-electron chi connectivity index (χ4n) is 2.25. The van der Waals surface area contributed by atoms with Crippen molar-refractivity contribution in [3.05, 3.63) is 0 Å². The Morgan fingerprint density at radius 3 is 2.35 bits per heavy atom. The van der Waals surface area contributed by atoms with Crippen molar-refractivity contribution in [1.82, 2.24) is 9.21 Å². The Bertz CT molecular complexity index is 311. The molecule has 0 saturated carbocycles. The van der Waals surface area contributed by atoms with Gasteiger partial charge in [-0.25, -0.2) is 12.7 Å². The van der Waals surface area contributed by atoms with Gasteiger partial charge in [0.05, 0.1) is 5.75 Å². The summed E-state index contributed by atoms with van der Waals surface area (Å²) < 4.78 is 25.5. The summed E-state index contributed by atoms with van der Waals surface area (Å²) in [6, 6.07) is 0. The van der Waals surface area contributed by atoms with E-state index < -0.39 is 10.0 Å². The summed E-state index contributed by atoms with van der Waals surface area (Å²) in [5.74, 6) is 1.23. The van der Waals surface area contributed by atoms with Crippen LogP contribution in [0.5, 0.6) is 0 Å². The van der Waals surface area contributed by atoms with Crippen LogP contribution in [0.4, 0.5) is 0 Å². The lowest BCUT2D eigenvalue weighted by atomic mass is 9.98. The molecule has 0 aromatic carbocycles. The minimum atomic E-state index is -3.06. The van der Waals surface area contributed by atoms with Gasteiger partial charge in [-0.2, -0.15) is 0 Å². The highest BCUT2D eigenvalue weighted by Gasteiger charge is 2.27. The fourth-order valence-corrected chi connectivity index (χ4v) is 4.08. The summed E-state index contributed by atoms with van der Waals surface area (Å²) in [7, 11) is 1.06. The first kappa shape index (κ1) is 15.2. The molecular weight excluding hydrogens is 260 g/mol. The molecule has 0 amide bonds. The normalized spacial score (nSPS) is 20.0. The molecule has 102 valence electrons. The van der Waals surface area contributed by atoms with Gasteiger partial charge in [0, 0.05) is 25.5 Å². The maximum absolute atomic E-state index is 11.9. The standard InChI is InChI=1S/C11H23ClN2O2S/c1-13(2)10-11-4-7-14(8-5-11)17(15,16)9-3-6-12/h11H,3-10H2,1-2H3. The molecule has 0 aromatic rings. The van der Waals surface area contributed by atoms with Gasteiger partial charge in [0.1, 0.15) is 0 Å². The maximum atomic E-state index is 11.9. The molecule has 17 heavy (non-hydrogen) atoms. The quantitative estimate of drug-likeness (QED) is 0.688. The van der Waals surface area contributed by atoms with Gasteiger partial charge in [-0.1, -0.05) is 0 Å². The number of halogens is 1. The van der Waals surface area contributed by atoms with Crippen LogP contribution < -0.4 is 0 Å². The minimum absolute atomic E-state index is 0.189. The Balaban J connectivity index is 2.40. The molecule has 1 fully saturated rings.